The number of tetrazole rings is 1. The minimum Gasteiger partial charge on any atom is -0.494 e. The number of para-hydroxylation sites is 2. The van der Waals surface area contributed by atoms with Gasteiger partial charge in [0.15, 0.2) is 5.82 Å². The Morgan fingerprint density at radius 2 is 2.12 bits per heavy atom. The van der Waals surface area contributed by atoms with E-state index in [1.54, 1.807) is 11.8 Å². The zero-order chi connectivity index (χ0) is 11.5. The maximum absolute atomic E-state index is 5.99. The van der Waals surface area contributed by atoms with Gasteiger partial charge in [0.25, 0.3) is 0 Å². The van der Waals surface area contributed by atoms with Crippen LogP contribution in [-0.2, 0) is 0 Å². The predicted octanol–water partition coefficient (Wildman–Crippen LogP) is 1.97. The van der Waals surface area contributed by atoms with E-state index in [4.69, 9.17) is 16.3 Å². The SMILES string of the molecule is COc1ccccc1-n1nnnc1C(C)Cl. The molecule has 0 aliphatic rings. The van der Waals surface area contributed by atoms with Crippen molar-refractivity contribution in [2.75, 3.05) is 7.11 Å². The van der Waals surface area contributed by atoms with Gasteiger partial charge in [-0.3, -0.25) is 0 Å². The molecule has 0 aliphatic carbocycles. The second kappa shape index (κ2) is 4.49. The van der Waals surface area contributed by atoms with Crippen molar-refractivity contribution in [1.82, 2.24) is 20.2 Å². The first-order chi connectivity index (χ1) is 7.74. The molecule has 0 radical (unpaired) electrons. The van der Waals surface area contributed by atoms with Crippen LogP contribution in [-0.4, -0.2) is 27.3 Å². The molecular formula is C10H11ClN4O. The average Bonchev–Trinajstić information content (AvgIpc) is 2.77. The van der Waals surface area contributed by atoms with Crippen LogP contribution in [0.3, 0.4) is 0 Å². The molecule has 0 saturated heterocycles. The summed E-state index contributed by atoms with van der Waals surface area (Å²) in [6, 6.07) is 7.50. The van der Waals surface area contributed by atoms with Crippen LogP contribution in [0.1, 0.15) is 18.1 Å². The van der Waals surface area contributed by atoms with Crippen molar-refractivity contribution in [3.63, 3.8) is 0 Å². The van der Waals surface area contributed by atoms with Gasteiger partial charge in [-0.05, 0) is 29.5 Å². The molecule has 5 nitrogen and oxygen atoms in total. The van der Waals surface area contributed by atoms with Crippen LogP contribution in [0.15, 0.2) is 24.3 Å². The molecule has 1 atom stereocenters. The van der Waals surface area contributed by atoms with E-state index in [1.165, 1.54) is 0 Å². The maximum Gasteiger partial charge on any atom is 0.174 e. The average molecular weight is 239 g/mol. The molecule has 0 spiro atoms. The fourth-order valence-electron chi connectivity index (χ4n) is 1.42. The van der Waals surface area contributed by atoms with Gasteiger partial charge in [-0.15, -0.1) is 16.7 Å². The Morgan fingerprint density at radius 3 is 2.81 bits per heavy atom. The molecule has 0 saturated carbocycles. The normalized spacial score (nSPS) is 12.4. The molecule has 6 heteroatoms. The summed E-state index contributed by atoms with van der Waals surface area (Å²) in [4.78, 5) is 0. The zero-order valence-electron chi connectivity index (χ0n) is 8.96. The number of aromatic nitrogens is 4. The third-order valence-electron chi connectivity index (χ3n) is 2.16. The number of hydrogen-bond acceptors (Lipinski definition) is 4. The quantitative estimate of drug-likeness (QED) is 0.768. The fraction of sp³-hybridized carbons (Fsp3) is 0.300. The highest BCUT2D eigenvalue weighted by atomic mass is 35.5. The molecule has 0 aliphatic heterocycles. The molecule has 0 bridgehead atoms. The van der Waals surface area contributed by atoms with Crippen LogP contribution in [0.5, 0.6) is 5.75 Å². The van der Waals surface area contributed by atoms with Gasteiger partial charge in [-0.1, -0.05) is 12.1 Å². The van der Waals surface area contributed by atoms with Crippen molar-refractivity contribution < 1.29 is 4.74 Å². The lowest BCUT2D eigenvalue weighted by atomic mass is 10.3. The molecule has 16 heavy (non-hydrogen) atoms. The summed E-state index contributed by atoms with van der Waals surface area (Å²) in [5, 5.41) is 11.1. The highest BCUT2D eigenvalue weighted by Gasteiger charge is 2.15. The molecule has 0 amide bonds. The second-order valence-electron chi connectivity index (χ2n) is 3.24. The molecule has 1 heterocycles. The third kappa shape index (κ3) is 1.86. The van der Waals surface area contributed by atoms with Gasteiger partial charge in [0, 0.05) is 0 Å². The first kappa shape index (κ1) is 10.9. The number of rotatable bonds is 3. The number of hydrogen-bond donors (Lipinski definition) is 0. The minimum atomic E-state index is -0.264. The standard InChI is InChI=1S/C10H11ClN4O/c1-7(11)10-12-13-14-15(10)8-5-3-4-6-9(8)16-2/h3-7H,1-2H3. The summed E-state index contributed by atoms with van der Waals surface area (Å²) < 4.78 is 6.82. The number of alkyl halides is 1. The number of nitrogens with zero attached hydrogens (tertiary/aromatic N) is 4. The van der Waals surface area contributed by atoms with E-state index in [0.29, 0.717) is 11.6 Å². The van der Waals surface area contributed by atoms with Crippen LogP contribution in [0.25, 0.3) is 5.69 Å². The summed E-state index contributed by atoms with van der Waals surface area (Å²) in [6.07, 6.45) is 0. The van der Waals surface area contributed by atoms with Crippen molar-refractivity contribution in [2.24, 2.45) is 0 Å². The summed E-state index contributed by atoms with van der Waals surface area (Å²) in [5.41, 5.74) is 0.775. The smallest absolute Gasteiger partial charge is 0.174 e. The van der Waals surface area contributed by atoms with E-state index in [9.17, 15) is 0 Å². The molecule has 1 unspecified atom stereocenters. The van der Waals surface area contributed by atoms with Crippen molar-refractivity contribution >= 4 is 11.6 Å². The zero-order valence-corrected chi connectivity index (χ0v) is 9.72. The topological polar surface area (TPSA) is 52.8 Å². The summed E-state index contributed by atoms with van der Waals surface area (Å²) >= 11 is 5.99. The lowest BCUT2D eigenvalue weighted by Gasteiger charge is -2.09. The molecule has 1 aromatic heterocycles. The fourth-order valence-corrected chi connectivity index (χ4v) is 1.55. The van der Waals surface area contributed by atoms with Gasteiger partial charge >= 0.3 is 0 Å². The Labute approximate surface area is 98.0 Å². The van der Waals surface area contributed by atoms with E-state index in [2.05, 4.69) is 15.5 Å². The Kier molecular flexibility index (Phi) is 3.05. The first-order valence-electron chi connectivity index (χ1n) is 4.79. The number of halogens is 1. The number of benzene rings is 1. The highest BCUT2D eigenvalue weighted by Crippen LogP contribution is 2.25. The van der Waals surface area contributed by atoms with E-state index in [1.807, 2.05) is 31.2 Å². The lowest BCUT2D eigenvalue weighted by molar-refractivity contribution is 0.411. The Balaban J connectivity index is 2.54. The monoisotopic (exact) mass is 238 g/mol. The molecule has 1 aromatic carbocycles. The predicted molar refractivity (Wildman–Crippen MR) is 60.0 cm³/mol. The van der Waals surface area contributed by atoms with Crippen molar-refractivity contribution in [3.8, 4) is 11.4 Å². The highest BCUT2D eigenvalue weighted by molar-refractivity contribution is 6.20. The third-order valence-corrected chi connectivity index (χ3v) is 2.36. The van der Waals surface area contributed by atoms with Crippen LogP contribution in [0, 0.1) is 0 Å². The van der Waals surface area contributed by atoms with Gasteiger partial charge in [0.1, 0.15) is 11.4 Å². The molecule has 2 rings (SSSR count). The summed E-state index contributed by atoms with van der Waals surface area (Å²) in [6.45, 7) is 1.82. The van der Waals surface area contributed by atoms with Crippen molar-refractivity contribution in [3.05, 3.63) is 30.1 Å². The van der Waals surface area contributed by atoms with Gasteiger partial charge in [-0.2, -0.15) is 4.68 Å². The van der Waals surface area contributed by atoms with Gasteiger partial charge in [0.2, 0.25) is 0 Å². The van der Waals surface area contributed by atoms with Crippen LogP contribution >= 0.6 is 11.6 Å². The van der Waals surface area contributed by atoms with Crippen molar-refractivity contribution in [1.29, 1.82) is 0 Å². The van der Waals surface area contributed by atoms with Gasteiger partial charge in [0.05, 0.1) is 12.5 Å². The van der Waals surface area contributed by atoms with E-state index < -0.39 is 0 Å². The molecular weight excluding hydrogens is 228 g/mol. The molecule has 2 aromatic rings. The van der Waals surface area contributed by atoms with Crippen LogP contribution in [0.4, 0.5) is 0 Å². The van der Waals surface area contributed by atoms with Crippen LogP contribution in [0.2, 0.25) is 0 Å². The van der Waals surface area contributed by atoms with E-state index >= 15 is 0 Å². The number of methoxy groups -OCH3 is 1. The Hall–Kier alpha value is -1.62. The molecule has 84 valence electrons. The Morgan fingerprint density at radius 1 is 1.38 bits per heavy atom. The second-order valence-corrected chi connectivity index (χ2v) is 3.89. The van der Waals surface area contributed by atoms with Crippen molar-refractivity contribution in [2.45, 2.75) is 12.3 Å². The molecule has 0 fully saturated rings. The molecule has 0 N–H and O–H groups in total. The van der Waals surface area contributed by atoms with Crippen LogP contribution < -0.4 is 4.74 Å². The number of ether oxygens (including phenoxy) is 1. The lowest BCUT2D eigenvalue weighted by Crippen LogP contribution is -2.05. The van der Waals surface area contributed by atoms with Gasteiger partial charge in [-0.25, -0.2) is 0 Å². The minimum absolute atomic E-state index is 0.264. The van der Waals surface area contributed by atoms with E-state index in [-0.39, 0.29) is 5.38 Å². The summed E-state index contributed by atoms with van der Waals surface area (Å²) in [7, 11) is 1.60. The van der Waals surface area contributed by atoms with E-state index in [0.717, 1.165) is 5.69 Å². The first-order valence-corrected chi connectivity index (χ1v) is 5.23. The summed E-state index contributed by atoms with van der Waals surface area (Å²) in [5.74, 6) is 1.29. The largest absolute Gasteiger partial charge is 0.494 e. The van der Waals surface area contributed by atoms with Gasteiger partial charge < -0.3 is 4.74 Å². The maximum atomic E-state index is 5.99. The Bertz CT molecular complexity index is 483.